The lowest BCUT2D eigenvalue weighted by atomic mass is 9.99. The largest absolute Gasteiger partial charge is 0.0654 e. The van der Waals surface area contributed by atoms with Gasteiger partial charge in [-0.1, -0.05) is 101 Å². The molecule has 0 aliphatic rings. The third-order valence-electron chi connectivity index (χ3n) is 4.88. The van der Waals surface area contributed by atoms with Crippen LogP contribution in [0.15, 0.2) is 48.5 Å². The molecule has 0 radical (unpaired) electrons. The minimum atomic E-state index is 1.22. The minimum Gasteiger partial charge on any atom is -0.0654 e. The molecule has 24 heavy (non-hydrogen) atoms. The average Bonchev–Trinajstić information content (AvgIpc) is 2.64. The van der Waals surface area contributed by atoms with Crippen molar-refractivity contribution >= 4 is 0 Å². The predicted octanol–water partition coefficient (Wildman–Crippen LogP) is 7.60. The maximum Gasteiger partial charge on any atom is -0.0184 e. The molecular formula is C24H34. The molecule has 0 aliphatic heterocycles. The van der Waals surface area contributed by atoms with Gasteiger partial charge in [-0.3, -0.25) is 0 Å². The summed E-state index contributed by atoms with van der Waals surface area (Å²) in [6.07, 6.45) is 13.1. The van der Waals surface area contributed by atoms with Gasteiger partial charge in [-0.2, -0.15) is 0 Å². The number of aryl methyl sites for hydroxylation is 2. The first-order valence-corrected chi connectivity index (χ1v) is 10.0. The van der Waals surface area contributed by atoms with Crippen molar-refractivity contribution in [2.75, 3.05) is 0 Å². The number of hydrogen-bond acceptors (Lipinski definition) is 0. The number of rotatable bonds is 11. The Labute approximate surface area is 149 Å². The number of benzene rings is 2. The van der Waals surface area contributed by atoms with Crippen molar-refractivity contribution < 1.29 is 0 Å². The van der Waals surface area contributed by atoms with Gasteiger partial charge < -0.3 is 0 Å². The lowest BCUT2D eigenvalue weighted by molar-refractivity contribution is 0.667. The Morgan fingerprint density at radius 2 is 0.833 bits per heavy atom. The fraction of sp³-hybridized carbons (Fsp3) is 0.500. The van der Waals surface area contributed by atoms with Crippen LogP contribution >= 0.6 is 0 Å². The quantitative estimate of drug-likeness (QED) is 0.374. The van der Waals surface area contributed by atoms with Crippen LogP contribution in [0.3, 0.4) is 0 Å². The molecule has 2 rings (SSSR count). The molecule has 2 aromatic carbocycles. The summed E-state index contributed by atoms with van der Waals surface area (Å²) >= 11 is 0. The van der Waals surface area contributed by atoms with Gasteiger partial charge in [0.1, 0.15) is 0 Å². The SMILES string of the molecule is CCCCCCc1ccc(-c2ccc(CCCCCC)cc2)cc1. The van der Waals surface area contributed by atoms with Crippen LogP contribution in [0.5, 0.6) is 0 Å². The molecule has 0 fully saturated rings. The molecule has 2 aromatic rings. The molecule has 0 saturated heterocycles. The van der Waals surface area contributed by atoms with Crippen LogP contribution in [0.4, 0.5) is 0 Å². The van der Waals surface area contributed by atoms with Crippen LogP contribution in [0.1, 0.15) is 76.3 Å². The third-order valence-corrected chi connectivity index (χ3v) is 4.88. The lowest BCUT2D eigenvalue weighted by Crippen LogP contribution is -1.88. The van der Waals surface area contributed by atoms with Gasteiger partial charge in [-0.05, 0) is 47.9 Å². The molecule has 0 heterocycles. The first-order chi connectivity index (χ1) is 11.8. The molecule has 0 atom stereocenters. The van der Waals surface area contributed by atoms with Crippen LogP contribution in [0, 0.1) is 0 Å². The van der Waals surface area contributed by atoms with E-state index in [-0.39, 0.29) is 0 Å². The predicted molar refractivity (Wildman–Crippen MR) is 108 cm³/mol. The lowest BCUT2D eigenvalue weighted by Gasteiger charge is -2.07. The smallest absolute Gasteiger partial charge is 0.0184 e. The molecule has 0 amide bonds. The van der Waals surface area contributed by atoms with E-state index in [9.17, 15) is 0 Å². The van der Waals surface area contributed by atoms with Crippen molar-refractivity contribution in [3.8, 4) is 11.1 Å². The van der Waals surface area contributed by atoms with Crippen molar-refractivity contribution in [3.63, 3.8) is 0 Å². The van der Waals surface area contributed by atoms with E-state index in [0.717, 1.165) is 0 Å². The van der Waals surface area contributed by atoms with Gasteiger partial charge in [0.05, 0.1) is 0 Å². The molecule has 0 saturated carbocycles. The zero-order valence-corrected chi connectivity index (χ0v) is 15.7. The van der Waals surface area contributed by atoms with Gasteiger partial charge in [0.25, 0.3) is 0 Å². The Kier molecular flexibility index (Phi) is 8.66. The van der Waals surface area contributed by atoms with E-state index < -0.39 is 0 Å². The highest BCUT2D eigenvalue weighted by molar-refractivity contribution is 5.63. The average molecular weight is 323 g/mol. The summed E-state index contributed by atoms with van der Waals surface area (Å²) in [6.45, 7) is 4.54. The summed E-state index contributed by atoms with van der Waals surface area (Å²) in [7, 11) is 0. The van der Waals surface area contributed by atoms with Crippen molar-refractivity contribution in [2.45, 2.75) is 78.1 Å². The highest BCUT2D eigenvalue weighted by Crippen LogP contribution is 2.22. The zero-order valence-electron chi connectivity index (χ0n) is 15.7. The van der Waals surface area contributed by atoms with Gasteiger partial charge in [0.15, 0.2) is 0 Å². The zero-order chi connectivity index (χ0) is 17.0. The third kappa shape index (κ3) is 6.51. The second kappa shape index (κ2) is 11.1. The first kappa shape index (κ1) is 18.8. The Morgan fingerprint density at radius 3 is 1.17 bits per heavy atom. The van der Waals surface area contributed by atoms with E-state index in [1.165, 1.54) is 86.5 Å². The maximum atomic E-state index is 2.31. The van der Waals surface area contributed by atoms with E-state index in [2.05, 4.69) is 62.4 Å². The Morgan fingerprint density at radius 1 is 0.458 bits per heavy atom. The fourth-order valence-electron chi connectivity index (χ4n) is 3.24. The van der Waals surface area contributed by atoms with E-state index >= 15 is 0 Å². The highest BCUT2D eigenvalue weighted by Gasteiger charge is 2.00. The van der Waals surface area contributed by atoms with E-state index in [4.69, 9.17) is 0 Å². The molecule has 0 aliphatic carbocycles. The van der Waals surface area contributed by atoms with Crippen LogP contribution in [-0.2, 0) is 12.8 Å². The first-order valence-electron chi connectivity index (χ1n) is 10.0. The van der Waals surface area contributed by atoms with Crippen molar-refractivity contribution in [1.82, 2.24) is 0 Å². The van der Waals surface area contributed by atoms with Crippen LogP contribution < -0.4 is 0 Å². The summed E-state index contributed by atoms with van der Waals surface area (Å²) in [6, 6.07) is 18.4. The Hall–Kier alpha value is -1.56. The van der Waals surface area contributed by atoms with Gasteiger partial charge in [0, 0.05) is 0 Å². The standard InChI is InChI=1S/C24H34/c1-3-5-7-9-11-21-13-17-23(18-14-21)24-19-15-22(16-20-24)12-10-8-6-4-2/h13-20H,3-12H2,1-2H3. The van der Waals surface area contributed by atoms with Gasteiger partial charge >= 0.3 is 0 Å². The maximum absolute atomic E-state index is 2.31. The molecular weight excluding hydrogens is 288 g/mol. The van der Waals surface area contributed by atoms with Crippen molar-refractivity contribution in [2.24, 2.45) is 0 Å². The summed E-state index contributed by atoms with van der Waals surface area (Å²) in [5, 5.41) is 0. The van der Waals surface area contributed by atoms with Gasteiger partial charge in [-0.15, -0.1) is 0 Å². The summed E-state index contributed by atoms with van der Waals surface area (Å²) < 4.78 is 0. The molecule has 0 spiro atoms. The Bertz CT molecular complexity index is 494. The van der Waals surface area contributed by atoms with Crippen LogP contribution in [-0.4, -0.2) is 0 Å². The highest BCUT2D eigenvalue weighted by atomic mass is 14.1. The van der Waals surface area contributed by atoms with E-state index in [0.29, 0.717) is 0 Å². The van der Waals surface area contributed by atoms with Gasteiger partial charge in [0.2, 0.25) is 0 Å². The second-order valence-corrected chi connectivity index (χ2v) is 7.02. The molecule has 0 aromatic heterocycles. The molecule has 0 unspecified atom stereocenters. The fourth-order valence-corrected chi connectivity index (χ4v) is 3.24. The topological polar surface area (TPSA) is 0 Å². The second-order valence-electron chi connectivity index (χ2n) is 7.02. The van der Waals surface area contributed by atoms with E-state index in [1.54, 1.807) is 0 Å². The molecule has 0 heteroatoms. The van der Waals surface area contributed by atoms with Crippen molar-refractivity contribution in [3.05, 3.63) is 59.7 Å². The summed E-state index contributed by atoms with van der Waals surface area (Å²) in [5.41, 5.74) is 5.62. The molecule has 0 N–H and O–H groups in total. The molecule has 0 bridgehead atoms. The number of hydrogen-bond donors (Lipinski definition) is 0. The molecule has 130 valence electrons. The summed E-state index contributed by atoms with van der Waals surface area (Å²) in [4.78, 5) is 0. The minimum absolute atomic E-state index is 1.22. The van der Waals surface area contributed by atoms with Crippen LogP contribution in [0.2, 0.25) is 0 Å². The number of unbranched alkanes of at least 4 members (excludes halogenated alkanes) is 6. The summed E-state index contributed by atoms with van der Waals surface area (Å²) in [5.74, 6) is 0. The van der Waals surface area contributed by atoms with Crippen LogP contribution in [0.25, 0.3) is 11.1 Å². The van der Waals surface area contributed by atoms with Gasteiger partial charge in [-0.25, -0.2) is 0 Å². The molecule has 0 nitrogen and oxygen atoms in total. The van der Waals surface area contributed by atoms with E-state index in [1.807, 2.05) is 0 Å². The Balaban J connectivity index is 1.84. The normalized spacial score (nSPS) is 10.9. The van der Waals surface area contributed by atoms with Crippen molar-refractivity contribution in [1.29, 1.82) is 0 Å². The monoisotopic (exact) mass is 322 g/mol.